The summed E-state index contributed by atoms with van der Waals surface area (Å²) >= 11 is 5.91. The Morgan fingerprint density at radius 3 is 2.61 bits per heavy atom. The third-order valence-electron chi connectivity index (χ3n) is 3.92. The lowest BCUT2D eigenvalue weighted by atomic mass is 9.96. The summed E-state index contributed by atoms with van der Waals surface area (Å²) in [5, 5.41) is 0.796. The van der Waals surface area contributed by atoms with Crippen molar-refractivity contribution >= 4 is 11.6 Å². The first-order valence-corrected chi connectivity index (χ1v) is 7.01. The van der Waals surface area contributed by atoms with Crippen LogP contribution in [-0.4, -0.2) is 18.0 Å². The molecule has 0 amide bonds. The van der Waals surface area contributed by atoms with Crippen LogP contribution in [0.1, 0.15) is 32.3 Å². The van der Waals surface area contributed by atoms with Gasteiger partial charge in [-0.1, -0.05) is 23.7 Å². The molecule has 3 atom stereocenters. The van der Waals surface area contributed by atoms with Crippen molar-refractivity contribution in [3.63, 3.8) is 0 Å². The zero-order chi connectivity index (χ0) is 12.8. The van der Waals surface area contributed by atoms with Gasteiger partial charge in [-0.2, -0.15) is 0 Å². The van der Waals surface area contributed by atoms with Crippen molar-refractivity contribution in [2.24, 2.45) is 5.92 Å². The van der Waals surface area contributed by atoms with Gasteiger partial charge in [0, 0.05) is 5.02 Å². The Bertz CT molecular complexity index is 427. The zero-order valence-corrected chi connectivity index (χ0v) is 11.6. The van der Waals surface area contributed by atoms with E-state index in [0.717, 1.165) is 17.9 Å². The van der Waals surface area contributed by atoms with Crippen molar-refractivity contribution in [1.82, 2.24) is 0 Å². The Labute approximate surface area is 113 Å². The summed E-state index contributed by atoms with van der Waals surface area (Å²) in [6.45, 7) is 4.01. The molecular weight excluding hydrogens is 248 g/mol. The van der Waals surface area contributed by atoms with E-state index in [9.17, 15) is 0 Å². The minimum absolute atomic E-state index is 0.260. The summed E-state index contributed by atoms with van der Waals surface area (Å²) in [6.07, 6.45) is 3.91. The van der Waals surface area contributed by atoms with Gasteiger partial charge in [0.2, 0.25) is 0 Å². The van der Waals surface area contributed by atoms with Crippen molar-refractivity contribution in [1.29, 1.82) is 0 Å². The fourth-order valence-electron chi connectivity index (χ4n) is 3.17. The SMILES string of the molecule is CC1(C)OC2CCC(Cc3ccc(Cl)cc3)C2O1. The van der Waals surface area contributed by atoms with Crippen LogP contribution in [0, 0.1) is 5.92 Å². The van der Waals surface area contributed by atoms with Gasteiger partial charge in [0.15, 0.2) is 5.79 Å². The lowest BCUT2D eigenvalue weighted by molar-refractivity contribution is -0.156. The molecular formula is C15H19ClO2. The predicted octanol–water partition coefficient (Wildman–Crippen LogP) is 3.81. The minimum atomic E-state index is -0.409. The first-order chi connectivity index (χ1) is 8.53. The van der Waals surface area contributed by atoms with E-state index in [1.165, 1.54) is 12.0 Å². The van der Waals surface area contributed by atoms with Gasteiger partial charge in [-0.25, -0.2) is 0 Å². The number of benzene rings is 1. The second-order valence-corrected chi connectivity index (χ2v) is 6.24. The van der Waals surface area contributed by atoms with Crippen molar-refractivity contribution in [2.45, 2.75) is 51.1 Å². The van der Waals surface area contributed by atoms with E-state index in [-0.39, 0.29) is 12.2 Å². The predicted molar refractivity (Wildman–Crippen MR) is 71.7 cm³/mol. The number of hydrogen-bond donors (Lipinski definition) is 0. The summed E-state index contributed by atoms with van der Waals surface area (Å²) in [5.74, 6) is 0.159. The molecule has 0 aromatic heterocycles. The normalized spacial score (nSPS) is 33.6. The molecule has 3 unspecified atom stereocenters. The molecule has 1 saturated heterocycles. The largest absolute Gasteiger partial charge is 0.345 e. The van der Waals surface area contributed by atoms with E-state index in [4.69, 9.17) is 21.1 Å². The van der Waals surface area contributed by atoms with Crippen LogP contribution in [0.4, 0.5) is 0 Å². The van der Waals surface area contributed by atoms with Gasteiger partial charge in [-0.15, -0.1) is 0 Å². The monoisotopic (exact) mass is 266 g/mol. The van der Waals surface area contributed by atoms with Crippen LogP contribution >= 0.6 is 11.6 Å². The van der Waals surface area contributed by atoms with Gasteiger partial charge in [0.25, 0.3) is 0 Å². The fourth-order valence-corrected chi connectivity index (χ4v) is 3.30. The van der Waals surface area contributed by atoms with Gasteiger partial charge >= 0.3 is 0 Å². The highest BCUT2D eigenvalue weighted by molar-refractivity contribution is 6.30. The Morgan fingerprint density at radius 2 is 1.89 bits per heavy atom. The first-order valence-electron chi connectivity index (χ1n) is 6.63. The van der Waals surface area contributed by atoms with Crippen molar-refractivity contribution in [2.75, 3.05) is 0 Å². The van der Waals surface area contributed by atoms with Crippen LogP contribution in [0.15, 0.2) is 24.3 Å². The number of rotatable bonds is 2. The number of halogens is 1. The van der Waals surface area contributed by atoms with E-state index >= 15 is 0 Å². The molecule has 1 saturated carbocycles. The molecule has 18 heavy (non-hydrogen) atoms. The standard InChI is InChI=1S/C15H19ClO2/c1-15(2)17-13-8-5-11(14(13)18-15)9-10-3-6-12(16)7-4-10/h3-4,6-7,11,13-14H,5,8-9H2,1-2H3. The molecule has 3 rings (SSSR count). The molecule has 2 fully saturated rings. The lowest BCUT2D eigenvalue weighted by Gasteiger charge is -2.21. The smallest absolute Gasteiger partial charge is 0.163 e. The molecule has 0 spiro atoms. The average molecular weight is 267 g/mol. The number of fused-ring (bicyclic) bond motifs is 1. The maximum absolute atomic E-state index is 6.03. The molecule has 3 heteroatoms. The van der Waals surface area contributed by atoms with E-state index < -0.39 is 5.79 Å². The van der Waals surface area contributed by atoms with E-state index in [1.54, 1.807) is 0 Å². The number of ether oxygens (including phenoxy) is 2. The molecule has 2 aliphatic rings. The third kappa shape index (κ3) is 2.42. The first kappa shape index (κ1) is 12.5. The Morgan fingerprint density at radius 1 is 1.17 bits per heavy atom. The lowest BCUT2D eigenvalue weighted by Crippen LogP contribution is -2.26. The highest BCUT2D eigenvalue weighted by Crippen LogP contribution is 2.42. The van der Waals surface area contributed by atoms with E-state index in [0.29, 0.717) is 5.92 Å². The van der Waals surface area contributed by atoms with Crippen molar-refractivity contribution < 1.29 is 9.47 Å². The molecule has 2 nitrogen and oxygen atoms in total. The van der Waals surface area contributed by atoms with E-state index in [1.807, 2.05) is 26.0 Å². The molecule has 1 aliphatic heterocycles. The Balaban J connectivity index is 1.69. The summed E-state index contributed by atoms with van der Waals surface area (Å²) in [4.78, 5) is 0. The van der Waals surface area contributed by atoms with Crippen LogP contribution < -0.4 is 0 Å². The van der Waals surface area contributed by atoms with E-state index in [2.05, 4.69) is 12.1 Å². The van der Waals surface area contributed by atoms with Crippen LogP contribution in [0.2, 0.25) is 5.02 Å². The summed E-state index contributed by atoms with van der Waals surface area (Å²) in [7, 11) is 0. The van der Waals surface area contributed by atoms with Gasteiger partial charge in [-0.3, -0.25) is 0 Å². The molecule has 1 aromatic rings. The summed E-state index contributed by atoms with van der Waals surface area (Å²) in [6, 6.07) is 8.13. The van der Waals surface area contributed by atoms with Gasteiger partial charge in [0.05, 0.1) is 12.2 Å². The fraction of sp³-hybridized carbons (Fsp3) is 0.600. The van der Waals surface area contributed by atoms with Crippen LogP contribution in [0.3, 0.4) is 0 Å². The van der Waals surface area contributed by atoms with Crippen molar-refractivity contribution in [3.8, 4) is 0 Å². The highest BCUT2D eigenvalue weighted by Gasteiger charge is 2.48. The summed E-state index contributed by atoms with van der Waals surface area (Å²) in [5.41, 5.74) is 1.33. The molecule has 1 aromatic carbocycles. The molecule has 1 heterocycles. The van der Waals surface area contributed by atoms with Gasteiger partial charge in [0.1, 0.15) is 0 Å². The molecule has 1 aliphatic carbocycles. The highest BCUT2D eigenvalue weighted by atomic mass is 35.5. The van der Waals surface area contributed by atoms with Crippen LogP contribution in [0.5, 0.6) is 0 Å². The van der Waals surface area contributed by atoms with Gasteiger partial charge < -0.3 is 9.47 Å². The summed E-state index contributed by atoms with van der Waals surface area (Å²) < 4.78 is 11.9. The van der Waals surface area contributed by atoms with Crippen LogP contribution in [0.25, 0.3) is 0 Å². The molecule has 0 N–H and O–H groups in total. The topological polar surface area (TPSA) is 18.5 Å². The Kier molecular flexibility index (Phi) is 3.13. The molecule has 98 valence electrons. The maximum atomic E-state index is 6.03. The Hall–Kier alpha value is -0.570. The zero-order valence-electron chi connectivity index (χ0n) is 10.9. The molecule has 0 radical (unpaired) electrons. The van der Waals surface area contributed by atoms with Crippen molar-refractivity contribution in [3.05, 3.63) is 34.9 Å². The third-order valence-corrected chi connectivity index (χ3v) is 4.17. The molecule has 0 bridgehead atoms. The van der Waals surface area contributed by atoms with Crippen LogP contribution in [-0.2, 0) is 15.9 Å². The number of hydrogen-bond acceptors (Lipinski definition) is 2. The second kappa shape index (κ2) is 4.52. The average Bonchev–Trinajstić information content (AvgIpc) is 2.79. The maximum Gasteiger partial charge on any atom is 0.163 e. The van der Waals surface area contributed by atoms with Gasteiger partial charge in [-0.05, 0) is 56.7 Å². The minimum Gasteiger partial charge on any atom is -0.345 e. The second-order valence-electron chi connectivity index (χ2n) is 5.81. The quantitative estimate of drug-likeness (QED) is 0.810.